The first-order chi connectivity index (χ1) is 8.31. The molecular weight excluding hydrogens is 220 g/mol. The van der Waals surface area contributed by atoms with Crippen molar-refractivity contribution in [2.75, 3.05) is 12.4 Å². The molecule has 0 bridgehead atoms. The maximum Gasteiger partial charge on any atom is 0.339 e. The first-order valence-corrected chi connectivity index (χ1v) is 5.10. The molecule has 0 aliphatic heterocycles. The Bertz CT molecular complexity index is 494. The smallest absolute Gasteiger partial charge is 0.339 e. The third-order valence-electron chi connectivity index (χ3n) is 2.27. The van der Waals surface area contributed by atoms with Crippen LogP contribution in [0.1, 0.15) is 16.1 Å². The molecule has 1 aromatic heterocycles. The predicted octanol–water partition coefficient (Wildman–Crippen LogP) is 2.07. The number of aromatic nitrogens is 1. The van der Waals surface area contributed by atoms with Gasteiger partial charge in [0.05, 0.1) is 25.4 Å². The van der Waals surface area contributed by atoms with Crippen molar-refractivity contribution in [3.8, 4) is 0 Å². The highest BCUT2D eigenvalue weighted by Crippen LogP contribution is 2.16. The van der Waals surface area contributed by atoms with E-state index in [1.807, 2.05) is 12.1 Å². The van der Waals surface area contributed by atoms with E-state index in [0.717, 1.165) is 0 Å². The normalized spacial score (nSPS) is 9.94. The molecule has 0 fully saturated rings. The van der Waals surface area contributed by atoms with Crippen LogP contribution in [0.5, 0.6) is 0 Å². The minimum absolute atomic E-state index is 0.370. The number of anilines is 1. The lowest BCUT2D eigenvalue weighted by atomic mass is 10.2. The maximum absolute atomic E-state index is 11.5. The van der Waals surface area contributed by atoms with Gasteiger partial charge >= 0.3 is 5.97 Å². The van der Waals surface area contributed by atoms with Gasteiger partial charge in [-0.15, -0.1) is 0 Å². The molecule has 0 atom stereocenters. The van der Waals surface area contributed by atoms with E-state index in [1.54, 1.807) is 18.3 Å². The van der Waals surface area contributed by atoms with Crippen LogP contribution in [0.15, 0.2) is 41.3 Å². The molecule has 17 heavy (non-hydrogen) atoms. The van der Waals surface area contributed by atoms with Gasteiger partial charge in [-0.25, -0.2) is 9.78 Å². The third kappa shape index (κ3) is 2.63. The fraction of sp³-hybridized carbons (Fsp3) is 0.167. The summed E-state index contributed by atoms with van der Waals surface area (Å²) in [5.41, 5.74) is 1.20. The largest absolute Gasteiger partial charge is 0.465 e. The summed E-state index contributed by atoms with van der Waals surface area (Å²) in [5.74, 6) is 0.329. The molecule has 0 saturated carbocycles. The van der Waals surface area contributed by atoms with Gasteiger partial charge in [-0.05, 0) is 12.1 Å². The molecule has 1 aromatic carbocycles. The van der Waals surface area contributed by atoms with Crippen LogP contribution >= 0.6 is 0 Å². The molecule has 0 saturated heterocycles. The Balaban J connectivity index is 2.12. The number of methoxy groups -OCH3 is 1. The SMILES string of the molecule is COC(=O)c1ccccc1NCc1cnco1. The molecule has 1 N–H and O–H groups in total. The highest BCUT2D eigenvalue weighted by molar-refractivity contribution is 5.95. The van der Waals surface area contributed by atoms with Crippen molar-refractivity contribution in [2.45, 2.75) is 6.54 Å². The number of rotatable bonds is 4. The van der Waals surface area contributed by atoms with Crippen molar-refractivity contribution in [3.05, 3.63) is 48.2 Å². The van der Waals surface area contributed by atoms with Crippen molar-refractivity contribution in [3.63, 3.8) is 0 Å². The summed E-state index contributed by atoms with van der Waals surface area (Å²) in [5, 5.41) is 3.10. The lowest BCUT2D eigenvalue weighted by Gasteiger charge is -2.08. The molecule has 0 amide bonds. The Morgan fingerprint density at radius 1 is 1.47 bits per heavy atom. The molecule has 1 heterocycles. The lowest BCUT2D eigenvalue weighted by Crippen LogP contribution is -2.07. The van der Waals surface area contributed by atoms with Crippen molar-refractivity contribution in [2.24, 2.45) is 0 Å². The predicted molar refractivity (Wildman–Crippen MR) is 61.6 cm³/mol. The van der Waals surface area contributed by atoms with E-state index in [2.05, 4.69) is 10.3 Å². The van der Waals surface area contributed by atoms with Crippen LogP contribution in [-0.2, 0) is 11.3 Å². The van der Waals surface area contributed by atoms with Gasteiger partial charge in [0.25, 0.3) is 0 Å². The van der Waals surface area contributed by atoms with Gasteiger partial charge in [-0.1, -0.05) is 12.1 Å². The lowest BCUT2D eigenvalue weighted by molar-refractivity contribution is 0.0602. The van der Waals surface area contributed by atoms with Crippen molar-refractivity contribution in [1.82, 2.24) is 4.98 Å². The van der Waals surface area contributed by atoms with E-state index in [0.29, 0.717) is 23.6 Å². The van der Waals surface area contributed by atoms with E-state index >= 15 is 0 Å². The van der Waals surface area contributed by atoms with E-state index < -0.39 is 0 Å². The van der Waals surface area contributed by atoms with E-state index in [-0.39, 0.29) is 5.97 Å². The average molecular weight is 232 g/mol. The van der Waals surface area contributed by atoms with Crippen LogP contribution < -0.4 is 5.32 Å². The van der Waals surface area contributed by atoms with E-state index in [4.69, 9.17) is 9.15 Å². The number of para-hydroxylation sites is 1. The topological polar surface area (TPSA) is 64.4 Å². The Labute approximate surface area is 98.4 Å². The molecule has 0 aliphatic rings. The van der Waals surface area contributed by atoms with Gasteiger partial charge in [0.1, 0.15) is 5.76 Å². The number of ether oxygens (including phenoxy) is 1. The summed E-state index contributed by atoms with van der Waals surface area (Å²) < 4.78 is 9.79. The third-order valence-corrected chi connectivity index (χ3v) is 2.27. The van der Waals surface area contributed by atoms with Gasteiger partial charge in [-0.3, -0.25) is 0 Å². The Kier molecular flexibility index (Phi) is 3.40. The van der Waals surface area contributed by atoms with Crippen molar-refractivity contribution >= 4 is 11.7 Å². The summed E-state index contributed by atoms with van der Waals surface area (Å²) in [4.78, 5) is 15.3. The number of nitrogens with one attached hydrogen (secondary N) is 1. The molecular formula is C12H12N2O3. The molecule has 5 heteroatoms. The van der Waals surface area contributed by atoms with Gasteiger partial charge in [0.15, 0.2) is 6.39 Å². The molecule has 2 rings (SSSR count). The zero-order valence-electron chi connectivity index (χ0n) is 9.34. The number of oxazole rings is 1. The number of hydrogen-bond donors (Lipinski definition) is 1. The summed E-state index contributed by atoms with van der Waals surface area (Å²) in [6, 6.07) is 7.14. The fourth-order valence-electron chi connectivity index (χ4n) is 1.44. The summed E-state index contributed by atoms with van der Waals surface area (Å²) in [6.07, 6.45) is 2.98. The highest BCUT2D eigenvalue weighted by atomic mass is 16.5. The summed E-state index contributed by atoms with van der Waals surface area (Å²) >= 11 is 0. The standard InChI is InChI=1S/C12H12N2O3/c1-16-12(15)10-4-2-3-5-11(10)14-7-9-6-13-8-17-9/h2-6,8,14H,7H2,1H3. The number of esters is 1. The second-order valence-corrected chi connectivity index (χ2v) is 3.36. The number of carbonyl (C=O) groups is 1. The van der Waals surface area contributed by atoms with Gasteiger partial charge in [0, 0.05) is 5.69 Å². The van der Waals surface area contributed by atoms with Crippen LogP contribution in [-0.4, -0.2) is 18.1 Å². The molecule has 88 valence electrons. The van der Waals surface area contributed by atoms with Crippen molar-refractivity contribution < 1.29 is 13.9 Å². The van der Waals surface area contributed by atoms with Crippen LogP contribution in [0.3, 0.4) is 0 Å². The highest BCUT2D eigenvalue weighted by Gasteiger charge is 2.10. The molecule has 0 radical (unpaired) electrons. The van der Waals surface area contributed by atoms with E-state index in [1.165, 1.54) is 13.5 Å². The Hall–Kier alpha value is -2.30. The van der Waals surface area contributed by atoms with Gasteiger partial charge < -0.3 is 14.5 Å². The number of nitrogens with zero attached hydrogens (tertiary/aromatic N) is 1. The van der Waals surface area contributed by atoms with Crippen LogP contribution in [0.25, 0.3) is 0 Å². The summed E-state index contributed by atoms with van der Waals surface area (Å²) in [7, 11) is 1.36. The Morgan fingerprint density at radius 2 is 2.29 bits per heavy atom. The molecule has 2 aromatic rings. The minimum atomic E-state index is -0.370. The number of benzene rings is 1. The van der Waals surface area contributed by atoms with Crippen LogP contribution in [0, 0.1) is 0 Å². The number of hydrogen-bond acceptors (Lipinski definition) is 5. The molecule has 0 unspecified atom stereocenters. The van der Waals surface area contributed by atoms with Crippen LogP contribution in [0.2, 0.25) is 0 Å². The monoisotopic (exact) mass is 232 g/mol. The summed E-state index contributed by atoms with van der Waals surface area (Å²) in [6.45, 7) is 0.466. The minimum Gasteiger partial charge on any atom is -0.465 e. The van der Waals surface area contributed by atoms with Crippen LogP contribution in [0.4, 0.5) is 5.69 Å². The first-order valence-electron chi connectivity index (χ1n) is 5.10. The maximum atomic E-state index is 11.5. The zero-order valence-corrected chi connectivity index (χ0v) is 9.34. The van der Waals surface area contributed by atoms with Gasteiger partial charge in [0.2, 0.25) is 0 Å². The molecule has 0 spiro atoms. The van der Waals surface area contributed by atoms with Gasteiger partial charge in [-0.2, -0.15) is 0 Å². The van der Waals surface area contributed by atoms with E-state index in [9.17, 15) is 4.79 Å². The quantitative estimate of drug-likeness (QED) is 0.817. The number of carbonyl (C=O) groups excluding carboxylic acids is 1. The fourth-order valence-corrected chi connectivity index (χ4v) is 1.44. The molecule has 0 aliphatic carbocycles. The Morgan fingerprint density at radius 3 is 3.00 bits per heavy atom. The zero-order chi connectivity index (χ0) is 12.1. The second-order valence-electron chi connectivity index (χ2n) is 3.36. The second kappa shape index (κ2) is 5.16. The molecule has 5 nitrogen and oxygen atoms in total. The average Bonchev–Trinajstić information content (AvgIpc) is 2.89. The van der Waals surface area contributed by atoms with Crippen molar-refractivity contribution in [1.29, 1.82) is 0 Å². The first kappa shape index (κ1) is 11.2.